The van der Waals surface area contributed by atoms with E-state index < -0.39 is 0 Å². The molecule has 0 bridgehead atoms. The minimum atomic E-state index is -0.00175. The third kappa shape index (κ3) is 4.01. The molecule has 1 amide bonds. The van der Waals surface area contributed by atoms with Crippen LogP contribution in [0.25, 0.3) is 0 Å². The maximum Gasteiger partial charge on any atom is 0.253 e. The quantitative estimate of drug-likeness (QED) is 0.897. The first-order chi connectivity index (χ1) is 9.54. The summed E-state index contributed by atoms with van der Waals surface area (Å²) in [5.74, 6) is -0.00175. The summed E-state index contributed by atoms with van der Waals surface area (Å²) in [6.07, 6.45) is 6.41. The second kappa shape index (κ2) is 7.85. The van der Waals surface area contributed by atoms with Crippen molar-refractivity contribution >= 4 is 18.3 Å². The number of halogens is 1. The highest BCUT2D eigenvalue weighted by molar-refractivity contribution is 5.95. The Labute approximate surface area is 133 Å². The van der Waals surface area contributed by atoms with Gasteiger partial charge in [0.2, 0.25) is 0 Å². The summed E-state index contributed by atoms with van der Waals surface area (Å²) >= 11 is 0. The lowest BCUT2D eigenvalue weighted by Crippen LogP contribution is -2.38. The van der Waals surface area contributed by atoms with E-state index in [9.17, 15) is 4.79 Å². The van der Waals surface area contributed by atoms with E-state index in [4.69, 9.17) is 5.73 Å². The van der Waals surface area contributed by atoms with Gasteiger partial charge in [-0.3, -0.25) is 4.79 Å². The smallest absolute Gasteiger partial charge is 0.253 e. The number of nitrogens with one attached hydrogen (secondary N) is 1. The van der Waals surface area contributed by atoms with E-state index in [2.05, 4.69) is 23.7 Å². The van der Waals surface area contributed by atoms with Crippen LogP contribution in [-0.2, 0) is 0 Å². The van der Waals surface area contributed by atoms with Gasteiger partial charge in [-0.2, -0.15) is 0 Å². The molecular formula is C16H28ClN3O. The van der Waals surface area contributed by atoms with Gasteiger partial charge >= 0.3 is 0 Å². The van der Waals surface area contributed by atoms with Crippen molar-refractivity contribution in [2.75, 3.05) is 6.54 Å². The topological polar surface area (TPSA) is 60.1 Å². The molecule has 1 fully saturated rings. The van der Waals surface area contributed by atoms with Crippen molar-refractivity contribution < 1.29 is 4.79 Å². The van der Waals surface area contributed by atoms with E-state index in [1.165, 1.54) is 37.8 Å². The molecular weight excluding hydrogens is 286 g/mol. The number of hydrogen-bond acceptors (Lipinski definition) is 2. The zero-order valence-corrected chi connectivity index (χ0v) is 14.1. The third-order valence-corrected chi connectivity index (χ3v) is 4.40. The van der Waals surface area contributed by atoms with Gasteiger partial charge in [0.25, 0.3) is 5.91 Å². The summed E-state index contributed by atoms with van der Waals surface area (Å²) in [4.78, 5) is 12.3. The number of nitrogens with two attached hydrogens (primary N) is 1. The zero-order valence-electron chi connectivity index (χ0n) is 13.3. The van der Waals surface area contributed by atoms with Gasteiger partial charge in [-0.1, -0.05) is 19.3 Å². The van der Waals surface area contributed by atoms with Crippen LogP contribution in [0.15, 0.2) is 6.07 Å². The SMILES string of the molecule is Cc1cc(C(=O)N[C@@H](C)CN)c(C)n1C1CCCCC1.Cl. The lowest BCUT2D eigenvalue weighted by molar-refractivity contribution is 0.0940. The molecule has 3 N–H and O–H groups in total. The van der Waals surface area contributed by atoms with Gasteiger partial charge in [0.1, 0.15) is 0 Å². The Balaban J connectivity index is 0.00000220. The monoisotopic (exact) mass is 313 g/mol. The van der Waals surface area contributed by atoms with Crippen LogP contribution in [0, 0.1) is 13.8 Å². The number of aromatic nitrogens is 1. The number of nitrogens with zero attached hydrogens (tertiary/aromatic N) is 1. The highest BCUT2D eigenvalue weighted by Gasteiger charge is 2.22. The number of amides is 1. The molecule has 5 heteroatoms. The lowest BCUT2D eigenvalue weighted by atomic mass is 9.95. The molecule has 21 heavy (non-hydrogen) atoms. The molecule has 4 nitrogen and oxygen atoms in total. The molecule has 1 saturated carbocycles. The van der Waals surface area contributed by atoms with Crippen molar-refractivity contribution in [3.63, 3.8) is 0 Å². The number of hydrogen-bond donors (Lipinski definition) is 2. The predicted octanol–water partition coefficient (Wildman–Crippen LogP) is 3.11. The van der Waals surface area contributed by atoms with Crippen LogP contribution < -0.4 is 11.1 Å². The van der Waals surface area contributed by atoms with Crippen molar-refractivity contribution in [2.45, 2.75) is 65.0 Å². The minimum Gasteiger partial charge on any atom is -0.348 e. The molecule has 2 rings (SSSR count). The summed E-state index contributed by atoms with van der Waals surface area (Å²) in [5, 5.41) is 2.95. The first-order valence-corrected chi connectivity index (χ1v) is 7.74. The first-order valence-electron chi connectivity index (χ1n) is 7.74. The fourth-order valence-corrected chi connectivity index (χ4v) is 3.27. The van der Waals surface area contributed by atoms with E-state index >= 15 is 0 Å². The van der Waals surface area contributed by atoms with Gasteiger partial charge < -0.3 is 15.6 Å². The molecule has 1 aliphatic rings. The van der Waals surface area contributed by atoms with Crippen LogP contribution in [0.3, 0.4) is 0 Å². The molecule has 0 aliphatic heterocycles. The highest BCUT2D eigenvalue weighted by atomic mass is 35.5. The van der Waals surface area contributed by atoms with Crippen LogP contribution in [0.1, 0.15) is 66.8 Å². The largest absolute Gasteiger partial charge is 0.348 e. The summed E-state index contributed by atoms with van der Waals surface area (Å²) in [7, 11) is 0. The van der Waals surface area contributed by atoms with Crippen molar-refractivity contribution in [3.05, 3.63) is 23.0 Å². The first kappa shape index (κ1) is 18.1. The summed E-state index contributed by atoms with van der Waals surface area (Å²) in [5.41, 5.74) is 8.66. The van der Waals surface area contributed by atoms with E-state index in [0.29, 0.717) is 12.6 Å². The van der Waals surface area contributed by atoms with Crippen LogP contribution in [-0.4, -0.2) is 23.1 Å². The lowest BCUT2D eigenvalue weighted by Gasteiger charge is -2.26. The van der Waals surface area contributed by atoms with E-state index in [1.807, 2.05) is 13.0 Å². The molecule has 0 radical (unpaired) electrons. The molecule has 1 heterocycles. The Morgan fingerprint density at radius 2 is 2.00 bits per heavy atom. The van der Waals surface area contributed by atoms with Crippen molar-refractivity contribution in [1.82, 2.24) is 9.88 Å². The average Bonchev–Trinajstić information content (AvgIpc) is 2.75. The second-order valence-electron chi connectivity index (χ2n) is 6.06. The molecule has 0 unspecified atom stereocenters. The molecule has 1 aromatic rings. The fourth-order valence-electron chi connectivity index (χ4n) is 3.27. The number of rotatable bonds is 4. The number of carbonyl (C=O) groups excluding carboxylic acids is 1. The number of aryl methyl sites for hydroxylation is 1. The van der Waals surface area contributed by atoms with Crippen LogP contribution >= 0.6 is 12.4 Å². The van der Waals surface area contributed by atoms with E-state index in [1.54, 1.807) is 0 Å². The fraction of sp³-hybridized carbons (Fsp3) is 0.688. The molecule has 0 aromatic carbocycles. The normalized spacial score (nSPS) is 17.1. The average molecular weight is 314 g/mol. The van der Waals surface area contributed by atoms with Crippen molar-refractivity contribution in [3.8, 4) is 0 Å². The molecule has 1 atom stereocenters. The van der Waals surface area contributed by atoms with E-state index in [-0.39, 0.29) is 24.4 Å². The predicted molar refractivity (Wildman–Crippen MR) is 89.3 cm³/mol. The Morgan fingerprint density at radius 3 is 2.57 bits per heavy atom. The summed E-state index contributed by atoms with van der Waals surface area (Å²) in [6, 6.07) is 2.60. The summed E-state index contributed by atoms with van der Waals surface area (Å²) < 4.78 is 2.36. The van der Waals surface area contributed by atoms with Crippen molar-refractivity contribution in [1.29, 1.82) is 0 Å². The van der Waals surface area contributed by atoms with Crippen molar-refractivity contribution in [2.24, 2.45) is 5.73 Å². The van der Waals surface area contributed by atoms with Crippen LogP contribution in [0.5, 0.6) is 0 Å². The van der Waals surface area contributed by atoms with Gasteiger partial charge in [0, 0.05) is 30.0 Å². The number of carbonyl (C=O) groups is 1. The Morgan fingerprint density at radius 1 is 1.38 bits per heavy atom. The maximum absolute atomic E-state index is 12.3. The standard InChI is InChI=1S/C16H27N3O.ClH/c1-11(10-17)18-16(20)15-9-12(2)19(13(15)3)14-7-5-4-6-8-14;/h9,11,14H,4-8,10,17H2,1-3H3,(H,18,20);1H/t11-;/m0./s1. The Bertz CT molecular complexity index is 478. The zero-order chi connectivity index (χ0) is 14.7. The molecule has 120 valence electrons. The molecule has 0 spiro atoms. The second-order valence-corrected chi connectivity index (χ2v) is 6.06. The molecule has 0 saturated heterocycles. The molecule has 1 aliphatic carbocycles. The molecule has 1 aromatic heterocycles. The van der Waals surface area contributed by atoms with E-state index in [0.717, 1.165) is 11.3 Å². The Kier molecular flexibility index (Phi) is 6.75. The Hall–Kier alpha value is -1.000. The van der Waals surface area contributed by atoms with Gasteiger partial charge in [-0.15, -0.1) is 12.4 Å². The van der Waals surface area contributed by atoms with Gasteiger partial charge in [0.15, 0.2) is 0 Å². The third-order valence-electron chi connectivity index (χ3n) is 4.40. The van der Waals surface area contributed by atoms with Gasteiger partial charge in [-0.25, -0.2) is 0 Å². The summed E-state index contributed by atoms with van der Waals surface area (Å²) in [6.45, 7) is 6.56. The minimum absolute atomic E-state index is 0. The van der Waals surface area contributed by atoms with Gasteiger partial charge in [-0.05, 0) is 39.7 Å². The van der Waals surface area contributed by atoms with Crippen LogP contribution in [0.4, 0.5) is 0 Å². The van der Waals surface area contributed by atoms with Crippen LogP contribution in [0.2, 0.25) is 0 Å². The van der Waals surface area contributed by atoms with Gasteiger partial charge in [0.05, 0.1) is 5.56 Å². The maximum atomic E-state index is 12.3. The highest BCUT2D eigenvalue weighted by Crippen LogP contribution is 2.32.